The summed E-state index contributed by atoms with van der Waals surface area (Å²) < 4.78 is 41.2. The smallest absolute Gasteiger partial charge is 0.246 e. The Bertz CT molecular complexity index is 637. The topological polar surface area (TPSA) is 66.6 Å². The molecule has 0 spiro atoms. The minimum Gasteiger partial charge on any atom is -0.398 e. The number of anilines is 1. The van der Waals surface area contributed by atoms with Gasteiger partial charge in [-0.15, -0.1) is 0 Å². The quantitative estimate of drug-likeness (QED) is 0.811. The van der Waals surface area contributed by atoms with Crippen molar-refractivity contribution >= 4 is 31.6 Å². The molecule has 8 heteroatoms. The van der Waals surface area contributed by atoms with Gasteiger partial charge in [0.25, 0.3) is 0 Å². The molecule has 0 bridgehead atoms. The molecule has 1 saturated heterocycles. The zero-order chi connectivity index (χ0) is 15.8. The molecule has 2 rings (SSSR count). The Hall–Kier alpha value is -0.700. The van der Waals surface area contributed by atoms with Crippen LogP contribution >= 0.6 is 15.9 Å². The molecule has 1 atom stereocenters. The van der Waals surface area contributed by atoms with Crippen molar-refractivity contribution in [1.29, 1.82) is 0 Å². The maximum absolute atomic E-state index is 14.1. The van der Waals surface area contributed by atoms with E-state index in [9.17, 15) is 12.8 Å². The number of hydrogen-bond acceptors (Lipinski definition) is 4. The van der Waals surface area contributed by atoms with Crippen molar-refractivity contribution in [2.45, 2.75) is 23.8 Å². The third kappa shape index (κ3) is 3.39. The number of halogens is 2. The average molecular weight is 380 g/mol. The van der Waals surface area contributed by atoms with E-state index >= 15 is 0 Å². The number of nitrogen functional groups attached to an aromatic ring is 1. The highest BCUT2D eigenvalue weighted by Crippen LogP contribution is 2.31. The number of benzene rings is 1. The predicted octanol–water partition coefficient (Wildman–Crippen LogP) is 1.89. The van der Waals surface area contributed by atoms with Crippen LogP contribution in [0.25, 0.3) is 0 Å². The second-order valence-corrected chi connectivity index (χ2v) is 8.19. The molecular formula is C13H19BrFN3O2S. The van der Waals surface area contributed by atoms with Gasteiger partial charge in [0.1, 0.15) is 10.7 Å². The van der Waals surface area contributed by atoms with Gasteiger partial charge >= 0.3 is 0 Å². The lowest BCUT2D eigenvalue weighted by Crippen LogP contribution is -2.41. The highest BCUT2D eigenvalue weighted by atomic mass is 79.9. The maximum atomic E-state index is 14.1. The lowest BCUT2D eigenvalue weighted by atomic mass is 10.2. The Balaban J connectivity index is 2.40. The van der Waals surface area contributed by atoms with E-state index in [0.717, 1.165) is 18.9 Å². The monoisotopic (exact) mass is 379 g/mol. The van der Waals surface area contributed by atoms with Crippen LogP contribution in [0.3, 0.4) is 0 Å². The Morgan fingerprint density at radius 1 is 1.48 bits per heavy atom. The van der Waals surface area contributed by atoms with Crippen LogP contribution in [-0.4, -0.2) is 50.8 Å². The number of likely N-dealkylation sites (N-methyl/N-ethyl adjacent to an activating group) is 1. The van der Waals surface area contributed by atoms with Crippen molar-refractivity contribution in [3.05, 3.63) is 22.4 Å². The molecule has 0 aliphatic carbocycles. The molecule has 1 unspecified atom stereocenters. The van der Waals surface area contributed by atoms with E-state index < -0.39 is 15.8 Å². The summed E-state index contributed by atoms with van der Waals surface area (Å²) in [6, 6.07) is 2.15. The minimum absolute atomic E-state index is 0.130. The lowest BCUT2D eigenvalue weighted by Gasteiger charge is -2.26. The number of sulfonamides is 1. The van der Waals surface area contributed by atoms with Gasteiger partial charge in [-0.2, -0.15) is 4.31 Å². The highest BCUT2D eigenvalue weighted by molar-refractivity contribution is 9.10. The summed E-state index contributed by atoms with van der Waals surface area (Å²) in [6.07, 6.45) is 1.57. The molecule has 118 valence electrons. The van der Waals surface area contributed by atoms with Crippen molar-refractivity contribution in [3.8, 4) is 0 Å². The minimum atomic E-state index is -3.87. The summed E-state index contributed by atoms with van der Waals surface area (Å²) in [5, 5.41) is 0. The van der Waals surface area contributed by atoms with E-state index in [1.807, 2.05) is 19.0 Å². The molecule has 5 nitrogen and oxygen atoms in total. The van der Waals surface area contributed by atoms with Crippen LogP contribution in [0.15, 0.2) is 21.5 Å². The summed E-state index contributed by atoms with van der Waals surface area (Å²) in [5.41, 5.74) is 5.90. The predicted molar refractivity (Wildman–Crippen MR) is 84.0 cm³/mol. The molecule has 1 aliphatic heterocycles. The van der Waals surface area contributed by atoms with Gasteiger partial charge in [-0.1, -0.05) is 0 Å². The third-order valence-electron chi connectivity index (χ3n) is 3.54. The first-order valence-electron chi connectivity index (χ1n) is 6.64. The molecule has 0 saturated carbocycles. The Labute approximate surface area is 133 Å². The Morgan fingerprint density at radius 3 is 2.76 bits per heavy atom. The van der Waals surface area contributed by atoms with Crippen molar-refractivity contribution in [2.24, 2.45) is 0 Å². The van der Waals surface area contributed by atoms with Crippen LogP contribution in [0, 0.1) is 5.82 Å². The fraction of sp³-hybridized carbons (Fsp3) is 0.538. The van der Waals surface area contributed by atoms with Gasteiger partial charge in [0, 0.05) is 29.3 Å². The molecule has 1 aromatic carbocycles. The number of rotatable bonds is 4. The van der Waals surface area contributed by atoms with Gasteiger partial charge in [0.05, 0.1) is 0 Å². The number of nitrogens with zero attached hydrogens (tertiary/aromatic N) is 2. The Morgan fingerprint density at radius 2 is 2.14 bits per heavy atom. The van der Waals surface area contributed by atoms with Gasteiger partial charge < -0.3 is 10.6 Å². The summed E-state index contributed by atoms with van der Waals surface area (Å²) in [5.74, 6) is -0.786. The summed E-state index contributed by atoms with van der Waals surface area (Å²) in [6.45, 7) is 1.03. The molecule has 1 fully saturated rings. The van der Waals surface area contributed by atoms with Crippen molar-refractivity contribution in [1.82, 2.24) is 9.21 Å². The molecule has 21 heavy (non-hydrogen) atoms. The molecular weight excluding hydrogens is 361 g/mol. The van der Waals surface area contributed by atoms with E-state index in [1.165, 1.54) is 10.4 Å². The van der Waals surface area contributed by atoms with Crippen LogP contribution in [0.5, 0.6) is 0 Å². The van der Waals surface area contributed by atoms with Crippen molar-refractivity contribution in [2.75, 3.05) is 32.9 Å². The second-order valence-electron chi connectivity index (χ2n) is 5.48. The molecule has 1 heterocycles. The van der Waals surface area contributed by atoms with E-state index in [2.05, 4.69) is 15.9 Å². The third-order valence-corrected chi connectivity index (χ3v) is 6.19. The van der Waals surface area contributed by atoms with E-state index in [-0.39, 0.29) is 16.6 Å². The lowest BCUT2D eigenvalue weighted by molar-refractivity contribution is 0.290. The standard InChI is InChI=1S/C13H19BrFN3O2S/c1-17(2)8-9-4-3-5-18(9)21(19,20)13-7-12(16)10(14)6-11(13)15/h6-7,9H,3-5,8,16H2,1-2H3. The summed E-state index contributed by atoms with van der Waals surface area (Å²) in [4.78, 5) is 1.58. The molecule has 0 aromatic heterocycles. The number of hydrogen-bond donors (Lipinski definition) is 1. The van der Waals surface area contributed by atoms with Crippen LogP contribution < -0.4 is 5.73 Å². The largest absolute Gasteiger partial charge is 0.398 e. The van der Waals surface area contributed by atoms with Gasteiger partial charge in [0.2, 0.25) is 10.0 Å². The zero-order valence-electron chi connectivity index (χ0n) is 12.0. The summed E-state index contributed by atoms with van der Waals surface area (Å²) in [7, 11) is -0.0922. The van der Waals surface area contributed by atoms with Gasteiger partial charge in [0.15, 0.2) is 0 Å². The second kappa shape index (κ2) is 6.20. The van der Waals surface area contributed by atoms with Crippen LogP contribution in [0.4, 0.5) is 10.1 Å². The fourth-order valence-corrected chi connectivity index (χ4v) is 4.68. The molecule has 1 aliphatic rings. The van der Waals surface area contributed by atoms with E-state index in [0.29, 0.717) is 17.6 Å². The van der Waals surface area contributed by atoms with Crippen LogP contribution in [0.1, 0.15) is 12.8 Å². The normalized spacial score (nSPS) is 20.3. The molecule has 0 amide bonds. The SMILES string of the molecule is CN(C)CC1CCCN1S(=O)(=O)c1cc(N)c(Br)cc1F. The van der Waals surface area contributed by atoms with Crippen molar-refractivity contribution < 1.29 is 12.8 Å². The first-order chi connectivity index (χ1) is 9.73. The van der Waals surface area contributed by atoms with Crippen molar-refractivity contribution in [3.63, 3.8) is 0 Å². The van der Waals surface area contributed by atoms with Gasteiger partial charge in [-0.25, -0.2) is 12.8 Å². The molecule has 2 N–H and O–H groups in total. The van der Waals surface area contributed by atoms with Gasteiger partial charge in [-0.3, -0.25) is 0 Å². The molecule has 1 aromatic rings. The fourth-order valence-electron chi connectivity index (χ4n) is 2.60. The maximum Gasteiger partial charge on any atom is 0.246 e. The average Bonchev–Trinajstić information content (AvgIpc) is 2.81. The highest BCUT2D eigenvalue weighted by Gasteiger charge is 2.37. The van der Waals surface area contributed by atoms with Crippen LogP contribution in [-0.2, 0) is 10.0 Å². The Kier molecular flexibility index (Phi) is 4.92. The first-order valence-corrected chi connectivity index (χ1v) is 8.88. The summed E-state index contributed by atoms with van der Waals surface area (Å²) >= 11 is 3.09. The van der Waals surface area contributed by atoms with E-state index in [1.54, 1.807) is 0 Å². The van der Waals surface area contributed by atoms with E-state index in [4.69, 9.17) is 5.73 Å². The zero-order valence-corrected chi connectivity index (χ0v) is 14.4. The van der Waals surface area contributed by atoms with Gasteiger partial charge in [-0.05, 0) is 55.0 Å². The van der Waals surface area contributed by atoms with Crippen LogP contribution in [0.2, 0.25) is 0 Å². The molecule has 0 radical (unpaired) electrons. The number of nitrogens with two attached hydrogens (primary N) is 1. The first kappa shape index (κ1) is 16.7.